The van der Waals surface area contributed by atoms with Crippen molar-refractivity contribution in [1.29, 1.82) is 0 Å². The molecule has 7 rings (SSSR count). The predicted molar refractivity (Wildman–Crippen MR) is 185 cm³/mol. The smallest absolute Gasteiger partial charge is 0.410 e. The average Bonchev–Trinajstić information content (AvgIpc) is 3.91. The first-order chi connectivity index (χ1) is 23.8. The first-order valence-corrected chi connectivity index (χ1v) is 17.4. The Kier molecular flexibility index (Phi) is 9.88. The molecule has 5 heterocycles. The number of hydrogen-bond acceptors (Lipinski definition) is 9. The van der Waals surface area contributed by atoms with Crippen LogP contribution in [0.3, 0.4) is 0 Å². The van der Waals surface area contributed by atoms with Crippen molar-refractivity contribution in [1.82, 2.24) is 30.2 Å². The number of nitrogens with one attached hydrogen (secondary N) is 3. The van der Waals surface area contributed by atoms with Gasteiger partial charge >= 0.3 is 6.09 Å². The Labute approximate surface area is 286 Å². The van der Waals surface area contributed by atoms with Crippen molar-refractivity contribution in [2.75, 3.05) is 52.7 Å². The molecular weight excluding hydrogens is 624 g/mol. The molecule has 12 heteroatoms. The molecule has 49 heavy (non-hydrogen) atoms. The van der Waals surface area contributed by atoms with E-state index in [1.165, 1.54) is 0 Å². The van der Waals surface area contributed by atoms with E-state index in [4.69, 9.17) is 28.7 Å². The maximum Gasteiger partial charge on any atom is 0.410 e. The van der Waals surface area contributed by atoms with E-state index in [1.54, 1.807) is 4.90 Å². The number of hydrogen-bond donors (Lipinski definition) is 3. The van der Waals surface area contributed by atoms with Gasteiger partial charge in [0.05, 0.1) is 62.3 Å². The number of rotatable bonds is 4. The van der Waals surface area contributed by atoms with Crippen molar-refractivity contribution in [2.45, 2.75) is 64.1 Å². The minimum atomic E-state index is -0.562. The second kappa shape index (κ2) is 14.6. The van der Waals surface area contributed by atoms with Crippen LogP contribution >= 0.6 is 0 Å². The summed E-state index contributed by atoms with van der Waals surface area (Å²) in [6.45, 7) is 9.91. The highest BCUT2D eigenvalue weighted by Gasteiger charge is 2.35. The van der Waals surface area contributed by atoms with Gasteiger partial charge < -0.3 is 39.0 Å². The van der Waals surface area contributed by atoms with Crippen LogP contribution in [-0.4, -0.2) is 89.3 Å². The molecule has 2 aromatic heterocycles. The number of carbonyl (C=O) groups excluding carboxylic acids is 1. The number of likely N-dealkylation sites (tertiary alicyclic amines) is 1. The summed E-state index contributed by atoms with van der Waals surface area (Å²) in [6.07, 6.45) is 7.34. The number of nitrogens with zero attached hydrogens (tertiary/aromatic N) is 3. The summed E-state index contributed by atoms with van der Waals surface area (Å²) in [5.74, 6) is 3.14. The molecule has 2 atom stereocenters. The summed E-state index contributed by atoms with van der Waals surface area (Å²) in [5.41, 5.74) is 4.93. The summed E-state index contributed by atoms with van der Waals surface area (Å²) in [6, 6.07) is 12.4. The lowest BCUT2D eigenvalue weighted by atomic mass is 9.98. The predicted octanol–water partition coefficient (Wildman–Crippen LogP) is 6.43. The van der Waals surface area contributed by atoms with Crippen molar-refractivity contribution in [3.8, 4) is 45.1 Å². The van der Waals surface area contributed by atoms with Crippen LogP contribution in [0, 0.1) is 0 Å². The van der Waals surface area contributed by atoms with Crippen LogP contribution in [-0.2, 0) is 14.2 Å². The number of ether oxygens (including phenoxy) is 5. The first kappa shape index (κ1) is 33.1. The number of fused-ring (bicyclic) bond motifs is 3. The van der Waals surface area contributed by atoms with E-state index >= 15 is 0 Å². The van der Waals surface area contributed by atoms with E-state index in [2.05, 4.69) is 50.6 Å². The summed E-state index contributed by atoms with van der Waals surface area (Å²) in [7, 11) is 0. The zero-order chi connectivity index (χ0) is 33.8. The molecule has 0 spiro atoms. The van der Waals surface area contributed by atoms with E-state index in [0.717, 1.165) is 83.3 Å². The highest BCUT2D eigenvalue weighted by atomic mass is 16.6. The third-order valence-electron chi connectivity index (χ3n) is 9.00. The van der Waals surface area contributed by atoms with Crippen molar-refractivity contribution in [2.24, 2.45) is 0 Å². The highest BCUT2D eigenvalue weighted by Crippen LogP contribution is 2.41. The van der Waals surface area contributed by atoms with Gasteiger partial charge in [-0.3, -0.25) is 4.90 Å². The molecule has 0 aliphatic carbocycles. The van der Waals surface area contributed by atoms with Crippen LogP contribution in [0.1, 0.15) is 70.2 Å². The van der Waals surface area contributed by atoms with Gasteiger partial charge in [0, 0.05) is 28.8 Å². The fourth-order valence-corrected chi connectivity index (χ4v) is 6.63. The summed E-state index contributed by atoms with van der Waals surface area (Å²) in [5, 5.41) is 3.51. The monoisotopic (exact) mass is 670 g/mol. The fraction of sp³-hybridized carbons (Fsp3) is 0.486. The van der Waals surface area contributed by atoms with E-state index in [-0.39, 0.29) is 18.2 Å². The zero-order valence-electron chi connectivity index (χ0n) is 28.5. The topological polar surface area (TPSA) is 136 Å². The number of aromatic amines is 2. The van der Waals surface area contributed by atoms with E-state index in [1.807, 2.05) is 39.2 Å². The average molecular weight is 671 g/mol. The molecule has 260 valence electrons. The van der Waals surface area contributed by atoms with Crippen LogP contribution in [0.15, 0.2) is 48.8 Å². The molecule has 3 N–H and O–H groups in total. The minimum absolute atomic E-state index is 0.170. The second-order valence-corrected chi connectivity index (χ2v) is 13.7. The van der Waals surface area contributed by atoms with Gasteiger partial charge in [-0.05, 0) is 77.3 Å². The van der Waals surface area contributed by atoms with Crippen LogP contribution in [0.2, 0.25) is 0 Å². The second-order valence-electron chi connectivity index (χ2n) is 13.7. The Hall–Kier alpha value is -4.39. The molecular formula is C37H46N6O6. The molecule has 12 nitrogen and oxygen atoms in total. The van der Waals surface area contributed by atoms with Crippen LogP contribution in [0.5, 0.6) is 11.5 Å². The summed E-state index contributed by atoms with van der Waals surface area (Å²) in [4.78, 5) is 31.1. The van der Waals surface area contributed by atoms with Crippen molar-refractivity contribution >= 4 is 6.09 Å². The Bertz CT molecular complexity index is 1740. The van der Waals surface area contributed by atoms with E-state index in [0.29, 0.717) is 51.9 Å². The highest BCUT2D eigenvalue weighted by molar-refractivity contribution is 5.81. The minimum Gasteiger partial charge on any atom is -0.491 e. The van der Waals surface area contributed by atoms with Gasteiger partial charge in [0.2, 0.25) is 0 Å². The molecule has 0 unspecified atom stereocenters. The van der Waals surface area contributed by atoms with Gasteiger partial charge in [0.25, 0.3) is 0 Å². The number of imidazole rings is 2. The van der Waals surface area contributed by atoms with Crippen molar-refractivity contribution in [3.05, 3.63) is 60.4 Å². The van der Waals surface area contributed by atoms with Gasteiger partial charge in [-0.2, -0.15) is 0 Å². The van der Waals surface area contributed by atoms with E-state index < -0.39 is 5.60 Å². The Morgan fingerprint density at radius 1 is 0.796 bits per heavy atom. The molecule has 2 aromatic carbocycles. The third kappa shape index (κ3) is 7.76. The number of amides is 1. The molecule has 2 saturated heterocycles. The van der Waals surface area contributed by atoms with Crippen molar-refractivity contribution in [3.63, 3.8) is 0 Å². The van der Waals surface area contributed by atoms with Gasteiger partial charge in [0.15, 0.2) is 0 Å². The van der Waals surface area contributed by atoms with Crippen LogP contribution < -0.4 is 14.8 Å². The van der Waals surface area contributed by atoms with Gasteiger partial charge in [-0.15, -0.1) is 0 Å². The molecule has 2 fully saturated rings. The number of aromatic nitrogens is 4. The first-order valence-electron chi connectivity index (χ1n) is 17.4. The fourth-order valence-electron chi connectivity index (χ4n) is 6.63. The number of benzene rings is 2. The molecule has 0 bridgehead atoms. The van der Waals surface area contributed by atoms with Gasteiger partial charge in [-0.1, -0.05) is 12.1 Å². The maximum absolute atomic E-state index is 13.0. The lowest BCUT2D eigenvalue weighted by molar-refractivity contribution is 0.0218. The van der Waals surface area contributed by atoms with E-state index in [9.17, 15) is 4.79 Å². The molecule has 3 aliphatic heterocycles. The van der Waals surface area contributed by atoms with Crippen LogP contribution in [0.4, 0.5) is 4.79 Å². The standard InChI is InChI=1S/C37H46N6O6/c1-37(2,3)49-36(44)43-13-5-7-31(43)35-40-23-30(42-35)25-9-11-27-26-10-8-24(29-22-39-34(41-29)28-6-4-12-38-28)20-32(26)47-18-16-45-14-15-46-17-19-48-33(27)21-25/h8-11,20-23,28,31,38H,4-7,12-19H2,1-3H3,(H,39,41)(H,40,42)/t28-,31-/m0/s1. The van der Waals surface area contributed by atoms with Crippen LogP contribution in [0.25, 0.3) is 33.6 Å². The largest absolute Gasteiger partial charge is 0.491 e. The van der Waals surface area contributed by atoms with Crippen molar-refractivity contribution < 1.29 is 28.5 Å². The molecule has 0 saturated carbocycles. The lowest BCUT2D eigenvalue weighted by Crippen LogP contribution is -2.36. The molecule has 0 radical (unpaired) electrons. The quantitative estimate of drug-likeness (QED) is 0.224. The lowest BCUT2D eigenvalue weighted by Gasteiger charge is -2.27. The van der Waals surface area contributed by atoms with Gasteiger partial charge in [0.1, 0.15) is 42.0 Å². The van der Waals surface area contributed by atoms with Gasteiger partial charge in [-0.25, -0.2) is 14.8 Å². The third-order valence-corrected chi connectivity index (χ3v) is 9.00. The molecule has 1 amide bonds. The maximum atomic E-state index is 13.0. The SMILES string of the molecule is CC(C)(C)OC(=O)N1CCC[C@H]1c1ncc(-c2ccc3c(c2)OCCOCCOCCOc2cc(-c4cnc([C@@H]5CCCN5)[nH]4)ccc2-3)[nH]1. The normalized spacial score (nSPS) is 20.5. The Morgan fingerprint density at radius 2 is 1.39 bits per heavy atom. The molecule has 4 aromatic rings. The Morgan fingerprint density at radius 3 is 1.98 bits per heavy atom. The Balaban J connectivity index is 1.19. The summed E-state index contributed by atoms with van der Waals surface area (Å²) < 4.78 is 29.9. The molecule has 3 aliphatic rings. The zero-order valence-corrected chi connectivity index (χ0v) is 28.5. The summed E-state index contributed by atoms with van der Waals surface area (Å²) >= 11 is 0. The number of carbonyl (C=O) groups is 1. The number of H-pyrrole nitrogens is 2.